The van der Waals surface area contributed by atoms with Crippen LogP contribution in [0, 0.1) is 0 Å². The van der Waals surface area contributed by atoms with Gasteiger partial charge in [0.15, 0.2) is 0 Å². The van der Waals surface area contributed by atoms with Gasteiger partial charge in [0.2, 0.25) is 13.2 Å². The minimum Gasteiger partial charge on any atom is -0.168 e. The minimum absolute atomic E-state index is 1.92. The summed E-state index contributed by atoms with van der Waals surface area (Å²) in [6, 6.07) is 0. The van der Waals surface area contributed by atoms with Crippen molar-refractivity contribution in [2.24, 2.45) is 0 Å². The molecule has 0 bridgehead atoms. The van der Waals surface area contributed by atoms with Crippen molar-refractivity contribution in [3.05, 3.63) is 0 Å². The van der Waals surface area contributed by atoms with Crippen molar-refractivity contribution in [3.63, 3.8) is 0 Å². The van der Waals surface area contributed by atoms with Crippen molar-refractivity contribution in [1.29, 1.82) is 0 Å². The average molecular weight is 245 g/mol. The summed E-state index contributed by atoms with van der Waals surface area (Å²) in [5, 5.41) is 0. The molecule has 0 N–H and O–H groups in total. The van der Waals surface area contributed by atoms with Gasteiger partial charge in [0, 0.05) is 4.57 Å². The molecule has 0 saturated heterocycles. The van der Waals surface area contributed by atoms with Gasteiger partial charge >= 0.3 is 20.6 Å². The van der Waals surface area contributed by atoms with Crippen LogP contribution < -0.4 is 0 Å². The Hall–Kier alpha value is -0.400. The molecular formula is C4H4F6O3P+. The summed E-state index contributed by atoms with van der Waals surface area (Å²) in [5.74, 6) is 0. The summed E-state index contributed by atoms with van der Waals surface area (Å²) in [6.45, 7) is -3.83. The molecule has 0 aromatic heterocycles. The third kappa shape index (κ3) is 9.69. The summed E-state index contributed by atoms with van der Waals surface area (Å²) in [7, 11) is -3.40. The van der Waals surface area contributed by atoms with Gasteiger partial charge in [0.05, 0.1) is 0 Å². The zero-order chi connectivity index (χ0) is 11.4. The second-order valence-electron chi connectivity index (χ2n) is 2.00. The largest absolute Gasteiger partial charge is 0.698 e. The lowest BCUT2D eigenvalue weighted by atomic mass is 10.7. The van der Waals surface area contributed by atoms with Crippen LogP contribution in [0.15, 0.2) is 0 Å². The first-order chi connectivity index (χ1) is 6.10. The second-order valence-corrected chi connectivity index (χ2v) is 2.96. The van der Waals surface area contributed by atoms with Gasteiger partial charge in [-0.25, -0.2) is 0 Å². The molecule has 3 nitrogen and oxygen atoms in total. The van der Waals surface area contributed by atoms with Crippen LogP contribution in [-0.4, -0.2) is 25.6 Å². The van der Waals surface area contributed by atoms with Gasteiger partial charge < -0.3 is 0 Å². The first-order valence-corrected chi connectivity index (χ1v) is 4.06. The number of alkyl halides is 6. The Labute approximate surface area is 74.9 Å². The van der Waals surface area contributed by atoms with E-state index in [1.54, 1.807) is 0 Å². The molecule has 0 aromatic rings. The van der Waals surface area contributed by atoms with E-state index in [1.807, 2.05) is 0 Å². The number of rotatable bonds is 4. The van der Waals surface area contributed by atoms with Crippen LogP contribution in [0.3, 0.4) is 0 Å². The molecule has 0 aliphatic carbocycles. The van der Waals surface area contributed by atoms with E-state index in [-0.39, 0.29) is 0 Å². The van der Waals surface area contributed by atoms with Gasteiger partial charge in [-0.05, 0) is 0 Å². The van der Waals surface area contributed by atoms with E-state index < -0.39 is 33.8 Å². The maximum Gasteiger partial charge on any atom is 0.698 e. The lowest BCUT2D eigenvalue weighted by molar-refractivity contribution is -0.163. The highest BCUT2D eigenvalue weighted by atomic mass is 31.1. The molecular weight excluding hydrogens is 241 g/mol. The molecule has 0 aliphatic heterocycles. The molecule has 0 unspecified atom stereocenters. The van der Waals surface area contributed by atoms with Crippen LogP contribution in [-0.2, 0) is 13.6 Å². The van der Waals surface area contributed by atoms with E-state index in [2.05, 4.69) is 9.05 Å². The average Bonchev–Trinajstić information content (AvgIpc) is 1.94. The summed E-state index contributed by atoms with van der Waals surface area (Å²) in [5.41, 5.74) is 0. The molecule has 0 saturated carbocycles. The van der Waals surface area contributed by atoms with Crippen molar-refractivity contribution < 1.29 is 40.0 Å². The molecule has 14 heavy (non-hydrogen) atoms. The molecule has 0 fully saturated rings. The van der Waals surface area contributed by atoms with Crippen LogP contribution in [0.2, 0.25) is 0 Å². The van der Waals surface area contributed by atoms with Gasteiger partial charge in [-0.1, -0.05) is 0 Å². The maximum absolute atomic E-state index is 11.4. The molecule has 0 rings (SSSR count). The Morgan fingerprint density at radius 2 is 1.14 bits per heavy atom. The van der Waals surface area contributed by atoms with Crippen molar-refractivity contribution in [3.8, 4) is 0 Å². The van der Waals surface area contributed by atoms with Crippen molar-refractivity contribution >= 4 is 8.25 Å². The molecule has 0 aromatic carbocycles. The number of hydrogen-bond donors (Lipinski definition) is 0. The standard InChI is InChI=1S/C4H4F6O3P/c5-3(6,7)1-12-14(11)13-2-4(8,9)10/h1-2H2/q+1. The van der Waals surface area contributed by atoms with E-state index >= 15 is 0 Å². The topological polar surface area (TPSA) is 35.5 Å². The Morgan fingerprint density at radius 3 is 1.36 bits per heavy atom. The van der Waals surface area contributed by atoms with Crippen molar-refractivity contribution in [2.75, 3.05) is 13.2 Å². The summed E-state index contributed by atoms with van der Waals surface area (Å²) >= 11 is 0. The van der Waals surface area contributed by atoms with Gasteiger partial charge in [0.25, 0.3) is 0 Å². The third-order valence-corrected chi connectivity index (χ3v) is 1.35. The Kier molecular flexibility index (Phi) is 4.76. The van der Waals surface area contributed by atoms with Crippen LogP contribution in [0.4, 0.5) is 26.3 Å². The lowest BCUT2D eigenvalue weighted by Gasteiger charge is -2.00. The fourth-order valence-electron chi connectivity index (χ4n) is 0.289. The molecule has 10 heteroatoms. The van der Waals surface area contributed by atoms with Crippen LogP contribution in [0.5, 0.6) is 0 Å². The van der Waals surface area contributed by atoms with Gasteiger partial charge in [-0.2, -0.15) is 26.3 Å². The van der Waals surface area contributed by atoms with E-state index in [0.717, 1.165) is 0 Å². The van der Waals surface area contributed by atoms with Crippen molar-refractivity contribution in [2.45, 2.75) is 12.4 Å². The normalized spacial score (nSPS) is 13.0. The highest BCUT2D eigenvalue weighted by molar-refractivity contribution is 7.33. The van der Waals surface area contributed by atoms with Gasteiger partial charge in [-0.15, -0.1) is 9.05 Å². The van der Waals surface area contributed by atoms with Gasteiger partial charge in [-0.3, -0.25) is 0 Å². The van der Waals surface area contributed by atoms with E-state index in [9.17, 15) is 30.9 Å². The Bertz CT molecular complexity index is 178. The predicted molar refractivity (Wildman–Crippen MR) is 31.6 cm³/mol. The van der Waals surface area contributed by atoms with E-state index in [4.69, 9.17) is 0 Å². The Morgan fingerprint density at radius 1 is 0.857 bits per heavy atom. The number of hydrogen-bond acceptors (Lipinski definition) is 3. The molecule has 84 valence electrons. The lowest BCUT2D eigenvalue weighted by Crippen LogP contribution is -2.17. The van der Waals surface area contributed by atoms with Crippen LogP contribution in [0.1, 0.15) is 0 Å². The first kappa shape index (κ1) is 13.6. The maximum atomic E-state index is 11.4. The molecule has 0 radical (unpaired) electrons. The van der Waals surface area contributed by atoms with Crippen molar-refractivity contribution in [1.82, 2.24) is 0 Å². The smallest absolute Gasteiger partial charge is 0.168 e. The summed E-state index contributed by atoms with van der Waals surface area (Å²) in [4.78, 5) is 0. The number of halogens is 6. The van der Waals surface area contributed by atoms with Gasteiger partial charge in [0.1, 0.15) is 0 Å². The molecule has 0 heterocycles. The first-order valence-electron chi connectivity index (χ1n) is 2.97. The molecule has 0 amide bonds. The SMILES string of the molecule is O=[P+](OCC(F)(F)F)OCC(F)(F)F. The fraction of sp³-hybridized carbons (Fsp3) is 1.00. The second kappa shape index (κ2) is 4.90. The van der Waals surface area contributed by atoms with Crippen LogP contribution >= 0.6 is 8.25 Å². The highest BCUT2D eigenvalue weighted by Crippen LogP contribution is 2.30. The fourth-order valence-corrected chi connectivity index (χ4v) is 0.867. The Balaban J connectivity index is 3.68. The summed E-state index contributed by atoms with van der Waals surface area (Å²) < 4.78 is 85.3. The predicted octanol–water partition coefficient (Wildman–Crippen LogP) is 2.80. The molecule has 0 spiro atoms. The minimum atomic E-state index is -4.76. The monoisotopic (exact) mass is 245 g/mol. The molecule has 0 aliphatic rings. The van der Waals surface area contributed by atoms with Crippen LogP contribution in [0.25, 0.3) is 0 Å². The quantitative estimate of drug-likeness (QED) is 0.564. The van der Waals surface area contributed by atoms with E-state index in [0.29, 0.717) is 0 Å². The summed E-state index contributed by atoms with van der Waals surface area (Å²) in [6.07, 6.45) is -9.51. The highest BCUT2D eigenvalue weighted by Gasteiger charge is 2.38. The van der Waals surface area contributed by atoms with E-state index in [1.165, 1.54) is 0 Å². The zero-order valence-corrected chi connectivity index (χ0v) is 7.25. The third-order valence-electron chi connectivity index (χ3n) is 0.667. The zero-order valence-electron chi connectivity index (χ0n) is 6.35. The molecule has 0 atom stereocenters.